The Morgan fingerprint density at radius 2 is 2.11 bits per heavy atom. The van der Waals surface area contributed by atoms with E-state index in [4.69, 9.17) is 16.0 Å². The Labute approximate surface area is 115 Å². The number of hydrogen-bond donors (Lipinski definition) is 1. The molecular formula is C14H12ClN3O. The minimum atomic E-state index is 0.442. The molecule has 0 unspecified atom stereocenters. The van der Waals surface area contributed by atoms with Gasteiger partial charge >= 0.3 is 0 Å². The number of hydrogen-bond acceptors (Lipinski definition) is 4. The number of anilines is 1. The number of halogens is 1. The van der Waals surface area contributed by atoms with Crippen LogP contribution in [0.4, 0.5) is 5.82 Å². The Kier molecular flexibility index (Phi) is 3.33. The zero-order valence-corrected chi connectivity index (χ0v) is 10.9. The van der Waals surface area contributed by atoms with E-state index in [9.17, 15) is 0 Å². The molecule has 0 spiro atoms. The van der Waals surface area contributed by atoms with Gasteiger partial charge in [0.15, 0.2) is 0 Å². The standard InChI is InChI=1S/C14H12ClN3O/c15-13-8-14(18-9-17-13)16-5-3-10-1-2-12-11(7-10)4-6-19-12/h1-2,4,6-9H,3,5H2,(H,16,17,18). The molecule has 0 aliphatic carbocycles. The summed E-state index contributed by atoms with van der Waals surface area (Å²) in [5.74, 6) is 0.740. The Morgan fingerprint density at radius 1 is 1.16 bits per heavy atom. The highest BCUT2D eigenvalue weighted by molar-refractivity contribution is 6.29. The fraction of sp³-hybridized carbons (Fsp3) is 0.143. The van der Waals surface area contributed by atoms with Crippen LogP contribution in [0, 0.1) is 0 Å². The first-order valence-electron chi connectivity index (χ1n) is 5.99. The summed E-state index contributed by atoms with van der Waals surface area (Å²) in [6, 6.07) is 9.87. The summed E-state index contributed by atoms with van der Waals surface area (Å²) in [5.41, 5.74) is 2.17. The van der Waals surface area contributed by atoms with Crippen molar-refractivity contribution in [3.05, 3.63) is 53.6 Å². The molecule has 0 aliphatic rings. The molecule has 4 nitrogen and oxygen atoms in total. The first kappa shape index (κ1) is 12.0. The molecular weight excluding hydrogens is 262 g/mol. The molecule has 5 heteroatoms. The smallest absolute Gasteiger partial charge is 0.134 e. The van der Waals surface area contributed by atoms with Gasteiger partial charge in [-0.2, -0.15) is 0 Å². The van der Waals surface area contributed by atoms with Crippen LogP contribution in [0.3, 0.4) is 0 Å². The van der Waals surface area contributed by atoms with Crippen molar-refractivity contribution in [1.29, 1.82) is 0 Å². The van der Waals surface area contributed by atoms with E-state index in [0.29, 0.717) is 5.15 Å². The van der Waals surface area contributed by atoms with Crippen molar-refractivity contribution in [2.75, 3.05) is 11.9 Å². The average molecular weight is 274 g/mol. The molecule has 1 aromatic carbocycles. The van der Waals surface area contributed by atoms with Crippen LogP contribution in [0.1, 0.15) is 5.56 Å². The van der Waals surface area contributed by atoms with Gasteiger partial charge in [-0.3, -0.25) is 0 Å². The number of furan rings is 1. The third kappa shape index (κ3) is 2.85. The van der Waals surface area contributed by atoms with Gasteiger partial charge in [-0.25, -0.2) is 9.97 Å². The summed E-state index contributed by atoms with van der Waals surface area (Å²) in [6.07, 6.45) is 4.06. The lowest BCUT2D eigenvalue weighted by molar-refractivity contribution is 0.616. The quantitative estimate of drug-likeness (QED) is 0.739. The highest BCUT2D eigenvalue weighted by Gasteiger charge is 2.00. The normalized spacial score (nSPS) is 10.8. The van der Waals surface area contributed by atoms with Gasteiger partial charge in [-0.1, -0.05) is 17.7 Å². The Hall–Kier alpha value is -2.07. The van der Waals surface area contributed by atoms with Crippen LogP contribution in [0.2, 0.25) is 5.15 Å². The predicted octanol–water partition coefficient (Wildman–Crippen LogP) is 3.53. The maximum atomic E-state index is 5.79. The van der Waals surface area contributed by atoms with Crippen molar-refractivity contribution in [2.24, 2.45) is 0 Å². The molecule has 0 fully saturated rings. The molecule has 2 aromatic heterocycles. The van der Waals surface area contributed by atoms with Crippen LogP contribution < -0.4 is 5.32 Å². The van der Waals surface area contributed by atoms with Gasteiger partial charge in [-0.15, -0.1) is 0 Å². The number of nitrogens with zero attached hydrogens (tertiary/aromatic N) is 2. The molecule has 2 heterocycles. The first-order chi connectivity index (χ1) is 9.31. The minimum absolute atomic E-state index is 0.442. The van der Waals surface area contributed by atoms with Crippen molar-refractivity contribution >= 4 is 28.4 Å². The third-order valence-corrected chi connectivity index (χ3v) is 3.08. The predicted molar refractivity (Wildman–Crippen MR) is 75.4 cm³/mol. The second kappa shape index (κ2) is 5.28. The Morgan fingerprint density at radius 3 is 3.00 bits per heavy atom. The summed E-state index contributed by atoms with van der Waals surface area (Å²) in [7, 11) is 0. The van der Waals surface area contributed by atoms with Crippen molar-refractivity contribution < 1.29 is 4.42 Å². The number of nitrogens with one attached hydrogen (secondary N) is 1. The van der Waals surface area contributed by atoms with E-state index in [1.165, 1.54) is 11.9 Å². The lowest BCUT2D eigenvalue weighted by Gasteiger charge is -2.05. The van der Waals surface area contributed by atoms with Crippen LogP contribution in [-0.2, 0) is 6.42 Å². The summed E-state index contributed by atoms with van der Waals surface area (Å²) in [5, 5.41) is 4.79. The topological polar surface area (TPSA) is 51.0 Å². The van der Waals surface area contributed by atoms with Gasteiger partial charge in [0.25, 0.3) is 0 Å². The molecule has 1 N–H and O–H groups in total. The van der Waals surface area contributed by atoms with Crippen molar-refractivity contribution in [3.63, 3.8) is 0 Å². The van der Waals surface area contributed by atoms with Crippen molar-refractivity contribution in [3.8, 4) is 0 Å². The highest BCUT2D eigenvalue weighted by Crippen LogP contribution is 2.17. The Balaban J connectivity index is 1.62. The van der Waals surface area contributed by atoms with Gasteiger partial charge < -0.3 is 9.73 Å². The minimum Gasteiger partial charge on any atom is -0.464 e. The van der Waals surface area contributed by atoms with Gasteiger partial charge in [0.2, 0.25) is 0 Å². The number of fused-ring (bicyclic) bond motifs is 1. The lowest BCUT2D eigenvalue weighted by atomic mass is 10.1. The van der Waals surface area contributed by atoms with E-state index in [1.807, 2.05) is 12.1 Å². The Bertz CT molecular complexity index is 696. The summed E-state index contributed by atoms with van der Waals surface area (Å²) >= 11 is 5.79. The van der Waals surface area contributed by atoms with Crippen LogP contribution >= 0.6 is 11.6 Å². The fourth-order valence-electron chi connectivity index (χ4n) is 1.94. The van der Waals surface area contributed by atoms with Crippen molar-refractivity contribution in [2.45, 2.75) is 6.42 Å². The van der Waals surface area contributed by atoms with Gasteiger partial charge in [0.05, 0.1) is 6.26 Å². The molecule has 0 amide bonds. The second-order valence-electron chi connectivity index (χ2n) is 4.20. The fourth-order valence-corrected chi connectivity index (χ4v) is 2.08. The lowest BCUT2D eigenvalue weighted by Crippen LogP contribution is -2.06. The monoisotopic (exact) mass is 273 g/mol. The molecule has 96 valence electrons. The largest absolute Gasteiger partial charge is 0.464 e. The zero-order chi connectivity index (χ0) is 13.1. The molecule has 0 bridgehead atoms. The number of aromatic nitrogens is 2. The van der Waals surface area contributed by atoms with Gasteiger partial charge in [-0.05, 0) is 30.2 Å². The maximum absolute atomic E-state index is 5.79. The molecule has 0 atom stereocenters. The summed E-state index contributed by atoms with van der Waals surface area (Å²) in [4.78, 5) is 7.93. The summed E-state index contributed by atoms with van der Waals surface area (Å²) in [6.45, 7) is 0.788. The number of rotatable bonds is 4. The van der Waals surface area contributed by atoms with Crippen LogP contribution in [0.15, 0.2) is 47.3 Å². The van der Waals surface area contributed by atoms with E-state index in [1.54, 1.807) is 12.3 Å². The molecule has 0 radical (unpaired) electrons. The van der Waals surface area contributed by atoms with Crippen LogP contribution in [-0.4, -0.2) is 16.5 Å². The number of benzene rings is 1. The SMILES string of the molecule is Clc1cc(NCCc2ccc3occc3c2)ncn1. The highest BCUT2D eigenvalue weighted by atomic mass is 35.5. The first-order valence-corrected chi connectivity index (χ1v) is 6.36. The van der Waals surface area contributed by atoms with Gasteiger partial charge in [0.1, 0.15) is 22.9 Å². The van der Waals surface area contributed by atoms with E-state index < -0.39 is 0 Å². The van der Waals surface area contributed by atoms with Gasteiger partial charge in [0, 0.05) is 18.0 Å². The maximum Gasteiger partial charge on any atom is 0.134 e. The molecule has 3 aromatic rings. The molecule has 0 aliphatic heterocycles. The van der Waals surface area contributed by atoms with Crippen molar-refractivity contribution in [1.82, 2.24) is 9.97 Å². The van der Waals surface area contributed by atoms with Crippen LogP contribution in [0.25, 0.3) is 11.0 Å². The van der Waals surface area contributed by atoms with E-state index in [-0.39, 0.29) is 0 Å². The van der Waals surface area contributed by atoms with E-state index >= 15 is 0 Å². The molecule has 0 saturated carbocycles. The second-order valence-corrected chi connectivity index (χ2v) is 4.58. The molecule has 3 rings (SSSR count). The zero-order valence-electron chi connectivity index (χ0n) is 10.1. The van der Waals surface area contributed by atoms with E-state index in [2.05, 4.69) is 27.4 Å². The molecule has 0 saturated heterocycles. The third-order valence-electron chi connectivity index (χ3n) is 2.87. The van der Waals surface area contributed by atoms with Crippen LogP contribution in [0.5, 0.6) is 0 Å². The summed E-state index contributed by atoms with van der Waals surface area (Å²) < 4.78 is 5.31. The molecule has 19 heavy (non-hydrogen) atoms. The van der Waals surface area contributed by atoms with E-state index in [0.717, 1.165) is 29.8 Å². The average Bonchev–Trinajstić information content (AvgIpc) is 2.86.